The van der Waals surface area contributed by atoms with Crippen molar-refractivity contribution < 1.29 is 24.5 Å². The summed E-state index contributed by atoms with van der Waals surface area (Å²) in [5.74, 6) is -1.12. The number of aliphatic carboxylic acids is 1. The molecule has 1 amide bonds. The minimum absolute atomic E-state index is 0.0453. The molecule has 3 rings (SSSR count). The van der Waals surface area contributed by atoms with Crippen molar-refractivity contribution in [3.63, 3.8) is 0 Å². The van der Waals surface area contributed by atoms with Crippen molar-refractivity contribution in [2.75, 3.05) is 0 Å². The molecule has 7 nitrogen and oxygen atoms in total. The Labute approximate surface area is 198 Å². The normalized spacial score (nSPS) is 18.5. The van der Waals surface area contributed by atoms with Gasteiger partial charge in [-0.15, -0.1) is 0 Å². The van der Waals surface area contributed by atoms with Crippen LogP contribution in [0.3, 0.4) is 0 Å². The monoisotopic (exact) mass is 462 g/mol. The molecule has 0 aromatic heterocycles. The van der Waals surface area contributed by atoms with E-state index in [4.69, 9.17) is 9.84 Å². The molecule has 2 saturated carbocycles. The zero-order chi connectivity index (χ0) is 24.3. The molecule has 0 spiro atoms. The maximum atomic E-state index is 11.6. The number of aromatic hydroxyl groups is 1. The molecule has 1 aromatic rings. The Bertz CT molecular complexity index is 718. The summed E-state index contributed by atoms with van der Waals surface area (Å²) in [6.45, 7) is 5.08. The number of carbonyl (C=O) groups is 2. The van der Waals surface area contributed by atoms with Crippen molar-refractivity contribution >= 4 is 12.1 Å². The molecule has 0 saturated heterocycles. The van der Waals surface area contributed by atoms with Crippen LogP contribution in [-0.2, 0) is 16.0 Å². The standard InChI is InChI=1S/C14H19NO5.C12H23N/c1-14(2,3)20-13(19)15-11(12(17)18)8-9-5-4-6-10(16)7-9;1-3-7-11(8-4-1)13-12-9-5-2-6-10-12/h4-7,11,16H,8H2,1-3H3,(H,15,19)(H,17,18);11-13H,1-10H2/t11-;/m0./s1. The van der Waals surface area contributed by atoms with Crippen LogP contribution in [0.25, 0.3) is 0 Å². The van der Waals surface area contributed by atoms with Gasteiger partial charge >= 0.3 is 12.1 Å². The van der Waals surface area contributed by atoms with Crippen molar-refractivity contribution in [3.05, 3.63) is 29.8 Å². The molecule has 0 bridgehead atoms. The lowest BCUT2D eigenvalue weighted by Crippen LogP contribution is -2.44. The minimum atomic E-state index is -1.17. The van der Waals surface area contributed by atoms with Crippen LogP contribution in [0.15, 0.2) is 24.3 Å². The molecular formula is C26H42N2O5. The van der Waals surface area contributed by atoms with Crippen LogP contribution >= 0.6 is 0 Å². The maximum Gasteiger partial charge on any atom is 0.408 e. The number of carbonyl (C=O) groups excluding carboxylic acids is 1. The third kappa shape index (κ3) is 11.4. The van der Waals surface area contributed by atoms with Gasteiger partial charge in [0.25, 0.3) is 0 Å². The predicted molar refractivity (Wildman–Crippen MR) is 129 cm³/mol. The summed E-state index contributed by atoms with van der Waals surface area (Å²) in [5, 5.41) is 24.6. The summed E-state index contributed by atoms with van der Waals surface area (Å²) in [6, 6.07) is 6.84. The van der Waals surface area contributed by atoms with E-state index in [0.29, 0.717) is 5.56 Å². The Morgan fingerprint density at radius 2 is 1.55 bits per heavy atom. The highest BCUT2D eigenvalue weighted by atomic mass is 16.6. The highest BCUT2D eigenvalue weighted by Crippen LogP contribution is 2.22. The molecule has 33 heavy (non-hydrogen) atoms. The van der Waals surface area contributed by atoms with E-state index in [1.165, 1.54) is 76.3 Å². The van der Waals surface area contributed by atoms with Gasteiger partial charge in [-0.3, -0.25) is 0 Å². The number of phenolic OH excluding ortho intramolecular Hbond substituents is 1. The van der Waals surface area contributed by atoms with Gasteiger partial charge in [0.2, 0.25) is 0 Å². The minimum Gasteiger partial charge on any atom is -0.508 e. The highest BCUT2D eigenvalue weighted by Gasteiger charge is 2.24. The molecule has 0 radical (unpaired) electrons. The Hall–Kier alpha value is -2.28. The van der Waals surface area contributed by atoms with E-state index in [2.05, 4.69) is 10.6 Å². The number of alkyl carbamates (subject to hydrolysis) is 1. The van der Waals surface area contributed by atoms with Crippen LogP contribution < -0.4 is 10.6 Å². The van der Waals surface area contributed by atoms with Crippen LogP contribution in [0.2, 0.25) is 0 Å². The first-order valence-electron chi connectivity index (χ1n) is 12.4. The van der Waals surface area contributed by atoms with Crippen molar-refractivity contribution in [1.82, 2.24) is 10.6 Å². The molecule has 1 aromatic carbocycles. The Kier molecular flexibility index (Phi) is 11.0. The summed E-state index contributed by atoms with van der Waals surface area (Å²) < 4.78 is 5.02. The third-order valence-electron chi connectivity index (χ3n) is 6.02. The van der Waals surface area contributed by atoms with E-state index in [-0.39, 0.29) is 12.2 Å². The largest absolute Gasteiger partial charge is 0.508 e. The fourth-order valence-corrected chi connectivity index (χ4v) is 4.44. The van der Waals surface area contributed by atoms with Crippen molar-refractivity contribution in [2.24, 2.45) is 0 Å². The number of hydrogen-bond acceptors (Lipinski definition) is 5. The van der Waals surface area contributed by atoms with Crippen LogP contribution in [0.1, 0.15) is 90.5 Å². The van der Waals surface area contributed by atoms with Gasteiger partial charge in [-0.05, 0) is 64.2 Å². The molecule has 7 heteroatoms. The van der Waals surface area contributed by atoms with E-state index >= 15 is 0 Å². The van der Waals surface area contributed by atoms with E-state index < -0.39 is 23.7 Å². The summed E-state index contributed by atoms with van der Waals surface area (Å²) in [7, 11) is 0. The van der Waals surface area contributed by atoms with E-state index in [1.807, 2.05) is 0 Å². The fourth-order valence-electron chi connectivity index (χ4n) is 4.44. The Balaban J connectivity index is 0.000000254. The first-order valence-corrected chi connectivity index (χ1v) is 12.4. The van der Waals surface area contributed by atoms with Crippen molar-refractivity contribution in [1.29, 1.82) is 0 Å². The third-order valence-corrected chi connectivity index (χ3v) is 6.02. The van der Waals surface area contributed by atoms with Gasteiger partial charge in [-0.1, -0.05) is 50.7 Å². The molecular weight excluding hydrogens is 420 g/mol. The smallest absolute Gasteiger partial charge is 0.408 e. The second-order valence-electron chi connectivity index (χ2n) is 10.2. The molecule has 2 fully saturated rings. The van der Waals surface area contributed by atoms with E-state index in [9.17, 15) is 14.7 Å². The van der Waals surface area contributed by atoms with Gasteiger partial charge in [-0.2, -0.15) is 0 Å². The molecule has 1 atom stereocenters. The van der Waals surface area contributed by atoms with Crippen LogP contribution in [0.5, 0.6) is 5.75 Å². The van der Waals surface area contributed by atoms with Gasteiger partial charge in [0.1, 0.15) is 17.4 Å². The van der Waals surface area contributed by atoms with Crippen LogP contribution in [-0.4, -0.2) is 46.0 Å². The quantitative estimate of drug-likeness (QED) is 0.465. The van der Waals surface area contributed by atoms with Gasteiger partial charge < -0.3 is 25.6 Å². The second kappa shape index (κ2) is 13.4. The number of hydrogen-bond donors (Lipinski definition) is 4. The van der Waals surface area contributed by atoms with Gasteiger partial charge in [-0.25, -0.2) is 9.59 Å². The van der Waals surface area contributed by atoms with Gasteiger partial charge in [0.15, 0.2) is 0 Å². The van der Waals surface area contributed by atoms with Gasteiger partial charge in [0.05, 0.1) is 0 Å². The summed E-state index contributed by atoms with van der Waals surface area (Å²) in [4.78, 5) is 22.7. The van der Waals surface area contributed by atoms with E-state index in [1.54, 1.807) is 32.9 Å². The second-order valence-corrected chi connectivity index (χ2v) is 10.2. The Morgan fingerprint density at radius 3 is 2.00 bits per heavy atom. The van der Waals surface area contributed by atoms with Crippen molar-refractivity contribution in [2.45, 2.75) is 115 Å². The molecule has 0 aliphatic heterocycles. The number of rotatable bonds is 6. The van der Waals surface area contributed by atoms with Crippen molar-refractivity contribution in [3.8, 4) is 5.75 Å². The lowest BCUT2D eigenvalue weighted by atomic mass is 9.91. The maximum absolute atomic E-state index is 11.6. The number of phenols is 1. The first kappa shape index (κ1) is 27.0. The molecule has 0 unspecified atom stereocenters. The zero-order valence-electron chi connectivity index (χ0n) is 20.4. The molecule has 186 valence electrons. The number of carboxylic acids is 1. The Morgan fingerprint density at radius 1 is 1.00 bits per heavy atom. The zero-order valence-corrected chi connectivity index (χ0v) is 20.4. The lowest BCUT2D eigenvalue weighted by molar-refractivity contribution is -0.139. The summed E-state index contributed by atoms with van der Waals surface area (Å²) in [6.07, 6.45) is 13.8. The molecule has 0 heterocycles. The number of benzene rings is 1. The molecule has 4 N–H and O–H groups in total. The summed E-state index contributed by atoms with van der Waals surface area (Å²) >= 11 is 0. The lowest BCUT2D eigenvalue weighted by Gasteiger charge is -2.30. The first-order chi connectivity index (χ1) is 15.6. The average Bonchev–Trinajstić information content (AvgIpc) is 2.74. The topological polar surface area (TPSA) is 108 Å². The number of nitrogens with one attached hydrogen (secondary N) is 2. The van der Waals surface area contributed by atoms with Gasteiger partial charge in [0, 0.05) is 18.5 Å². The highest BCUT2D eigenvalue weighted by molar-refractivity contribution is 5.80. The molecule has 2 aliphatic rings. The molecule has 2 aliphatic carbocycles. The SMILES string of the molecule is C1CCC(NC2CCCCC2)CC1.CC(C)(C)OC(=O)N[C@@H](Cc1cccc(O)c1)C(=O)O. The average molecular weight is 463 g/mol. The number of carboxylic acid groups (broad SMARTS) is 1. The van der Waals surface area contributed by atoms with Crippen LogP contribution in [0.4, 0.5) is 4.79 Å². The fraction of sp³-hybridized carbons (Fsp3) is 0.692. The summed E-state index contributed by atoms with van der Waals surface area (Å²) in [5.41, 5.74) is -0.0912. The number of amides is 1. The predicted octanol–water partition coefficient (Wildman–Crippen LogP) is 5.15. The van der Waals surface area contributed by atoms with E-state index in [0.717, 1.165) is 12.1 Å². The van der Waals surface area contributed by atoms with Crippen LogP contribution in [0, 0.1) is 0 Å². The number of ether oxygens (including phenoxy) is 1.